The number of nitrogens with two attached hydrogens (primary N) is 1. The standard InChI is InChI=1S/C10H12N4O4/c1-5(8(11)15)13-10(18)14-7-2-6(9(16)17)3-12-4-7/h2-5H,1H3,(H2,11,15)(H,16,17)(H2,13,14,18). The molecule has 96 valence electrons. The lowest BCUT2D eigenvalue weighted by Crippen LogP contribution is -2.44. The van der Waals surface area contributed by atoms with E-state index in [1.807, 2.05) is 0 Å². The minimum absolute atomic E-state index is 0.0595. The van der Waals surface area contributed by atoms with Crippen LogP contribution in [0.2, 0.25) is 0 Å². The summed E-state index contributed by atoms with van der Waals surface area (Å²) in [7, 11) is 0. The number of carboxylic acid groups (broad SMARTS) is 1. The van der Waals surface area contributed by atoms with Crippen LogP contribution in [0.3, 0.4) is 0 Å². The molecule has 3 amide bonds. The first-order chi connectivity index (χ1) is 8.40. The predicted octanol–water partition coefficient (Wildman–Crippen LogP) is -0.225. The van der Waals surface area contributed by atoms with Gasteiger partial charge in [0.1, 0.15) is 6.04 Å². The second-order valence-electron chi connectivity index (χ2n) is 3.49. The fourth-order valence-corrected chi connectivity index (χ4v) is 1.06. The Bertz CT molecular complexity index is 489. The van der Waals surface area contributed by atoms with Crippen molar-refractivity contribution in [1.29, 1.82) is 0 Å². The molecule has 0 saturated carbocycles. The Labute approximate surface area is 102 Å². The second-order valence-corrected chi connectivity index (χ2v) is 3.49. The monoisotopic (exact) mass is 252 g/mol. The van der Waals surface area contributed by atoms with Crippen LogP contribution in [0.1, 0.15) is 17.3 Å². The number of urea groups is 1. The lowest BCUT2D eigenvalue weighted by Gasteiger charge is -2.11. The quantitative estimate of drug-likeness (QED) is 0.587. The van der Waals surface area contributed by atoms with Crippen molar-refractivity contribution in [2.24, 2.45) is 5.73 Å². The van der Waals surface area contributed by atoms with Crippen molar-refractivity contribution in [1.82, 2.24) is 10.3 Å². The zero-order valence-electron chi connectivity index (χ0n) is 9.51. The number of aromatic carboxylic acids is 1. The number of amides is 3. The van der Waals surface area contributed by atoms with Crippen LogP contribution >= 0.6 is 0 Å². The molecule has 0 spiro atoms. The first kappa shape index (κ1) is 13.4. The van der Waals surface area contributed by atoms with Crippen molar-refractivity contribution in [3.8, 4) is 0 Å². The zero-order valence-corrected chi connectivity index (χ0v) is 9.51. The minimum atomic E-state index is -1.16. The lowest BCUT2D eigenvalue weighted by molar-refractivity contribution is -0.119. The Hall–Kier alpha value is -2.64. The summed E-state index contributed by atoms with van der Waals surface area (Å²) in [6.45, 7) is 1.42. The number of nitrogens with zero attached hydrogens (tertiary/aromatic N) is 1. The summed E-state index contributed by atoms with van der Waals surface area (Å²) in [4.78, 5) is 36.5. The number of carboxylic acids is 1. The summed E-state index contributed by atoms with van der Waals surface area (Å²) in [5, 5.41) is 13.3. The van der Waals surface area contributed by atoms with Gasteiger partial charge in [0.05, 0.1) is 17.4 Å². The van der Waals surface area contributed by atoms with E-state index in [4.69, 9.17) is 10.8 Å². The fourth-order valence-electron chi connectivity index (χ4n) is 1.06. The second kappa shape index (κ2) is 5.62. The molecule has 0 saturated heterocycles. The Balaban J connectivity index is 2.67. The third-order valence-electron chi connectivity index (χ3n) is 2.02. The molecule has 1 rings (SSSR count). The van der Waals surface area contributed by atoms with Crippen LogP contribution < -0.4 is 16.4 Å². The van der Waals surface area contributed by atoms with Crippen molar-refractivity contribution < 1.29 is 19.5 Å². The van der Waals surface area contributed by atoms with Crippen LogP contribution in [0.15, 0.2) is 18.5 Å². The molecule has 8 nitrogen and oxygen atoms in total. The number of aromatic nitrogens is 1. The lowest BCUT2D eigenvalue weighted by atomic mass is 10.2. The summed E-state index contributed by atoms with van der Waals surface area (Å²) >= 11 is 0. The van der Waals surface area contributed by atoms with Crippen LogP contribution in [0.5, 0.6) is 0 Å². The number of rotatable bonds is 4. The molecule has 18 heavy (non-hydrogen) atoms. The zero-order chi connectivity index (χ0) is 13.7. The number of anilines is 1. The van der Waals surface area contributed by atoms with Crippen molar-refractivity contribution in [3.63, 3.8) is 0 Å². The van der Waals surface area contributed by atoms with E-state index >= 15 is 0 Å². The maximum Gasteiger partial charge on any atom is 0.337 e. The highest BCUT2D eigenvalue weighted by atomic mass is 16.4. The molecule has 8 heteroatoms. The van der Waals surface area contributed by atoms with Gasteiger partial charge >= 0.3 is 12.0 Å². The number of pyridine rings is 1. The first-order valence-corrected chi connectivity index (χ1v) is 4.95. The third kappa shape index (κ3) is 3.74. The molecule has 0 radical (unpaired) electrons. The predicted molar refractivity (Wildman–Crippen MR) is 62.0 cm³/mol. The number of hydrogen-bond acceptors (Lipinski definition) is 4. The van der Waals surface area contributed by atoms with Gasteiger partial charge < -0.3 is 21.5 Å². The number of carbonyl (C=O) groups excluding carboxylic acids is 2. The largest absolute Gasteiger partial charge is 0.478 e. The molecule has 0 bridgehead atoms. The molecule has 1 unspecified atom stereocenters. The van der Waals surface area contributed by atoms with Gasteiger partial charge in [-0.25, -0.2) is 9.59 Å². The Morgan fingerprint density at radius 3 is 2.61 bits per heavy atom. The van der Waals surface area contributed by atoms with Gasteiger partial charge in [0.25, 0.3) is 0 Å². The van der Waals surface area contributed by atoms with Crippen LogP contribution in [0, 0.1) is 0 Å². The van der Waals surface area contributed by atoms with Crippen LogP contribution in [0.25, 0.3) is 0 Å². The summed E-state index contributed by atoms with van der Waals surface area (Å²) < 4.78 is 0. The van der Waals surface area contributed by atoms with Crippen molar-refractivity contribution in [3.05, 3.63) is 24.0 Å². The fraction of sp³-hybridized carbons (Fsp3) is 0.200. The number of hydrogen-bond donors (Lipinski definition) is 4. The first-order valence-electron chi connectivity index (χ1n) is 4.95. The molecule has 1 aromatic heterocycles. The summed E-state index contributed by atoms with van der Waals surface area (Å²) in [6.07, 6.45) is 2.43. The van der Waals surface area contributed by atoms with Crippen molar-refractivity contribution >= 4 is 23.6 Å². The van der Waals surface area contributed by atoms with E-state index in [2.05, 4.69) is 15.6 Å². The van der Waals surface area contributed by atoms with E-state index in [1.165, 1.54) is 19.2 Å². The van der Waals surface area contributed by atoms with Crippen LogP contribution in [0.4, 0.5) is 10.5 Å². The molecule has 5 N–H and O–H groups in total. The van der Waals surface area contributed by atoms with Gasteiger partial charge in [-0.2, -0.15) is 0 Å². The number of nitrogens with one attached hydrogen (secondary N) is 2. The van der Waals surface area contributed by atoms with Crippen molar-refractivity contribution in [2.45, 2.75) is 13.0 Å². The molecule has 1 aromatic rings. The van der Waals surface area contributed by atoms with E-state index in [0.717, 1.165) is 6.20 Å². The van der Waals surface area contributed by atoms with Gasteiger partial charge in [0.2, 0.25) is 5.91 Å². The van der Waals surface area contributed by atoms with E-state index < -0.39 is 23.9 Å². The van der Waals surface area contributed by atoms with Gasteiger partial charge in [-0.05, 0) is 13.0 Å². The number of primary amides is 1. The van der Waals surface area contributed by atoms with E-state index in [0.29, 0.717) is 0 Å². The molecule has 0 aliphatic heterocycles. The highest BCUT2D eigenvalue weighted by molar-refractivity contribution is 5.94. The summed E-state index contributed by atoms with van der Waals surface area (Å²) in [5.74, 6) is -1.83. The number of carbonyl (C=O) groups is 3. The Morgan fingerprint density at radius 2 is 2.06 bits per heavy atom. The Kier molecular flexibility index (Phi) is 4.19. The van der Waals surface area contributed by atoms with E-state index in [1.54, 1.807) is 0 Å². The maximum atomic E-state index is 11.4. The molecule has 0 aliphatic carbocycles. The average molecular weight is 252 g/mol. The summed E-state index contributed by atoms with van der Waals surface area (Å²) in [6, 6.07) is -0.268. The van der Waals surface area contributed by atoms with Crippen LogP contribution in [-0.4, -0.2) is 34.0 Å². The van der Waals surface area contributed by atoms with E-state index in [-0.39, 0.29) is 11.3 Å². The molecular formula is C10H12N4O4. The molecule has 0 aliphatic rings. The normalized spacial score (nSPS) is 11.4. The summed E-state index contributed by atoms with van der Waals surface area (Å²) in [5.41, 5.74) is 5.11. The third-order valence-corrected chi connectivity index (χ3v) is 2.02. The van der Waals surface area contributed by atoms with E-state index in [9.17, 15) is 14.4 Å². The average Bonchev–Trinajstić information content (AvgIpc) is 2.28. The topological polar surface area (TPSA) is 134 Å². The van der Waals surface area contributed by atoms with Gasteiger partial charge in [-0.1, -0.05) is 0 Å². The molecule has 1 atom stereocenters. The molecular weight excluding hydrogens is 240 g/mol. The smallest absolute Gasteiger partial charge is 0.337 e. The highest BCUT2D eigenvalue weighted by Gasteiger charge is 2.12. The van der Waals surface area contributed by atoms with Gasteiger partial charge in [-0.3, -0.25) is 9.78 Å². The van der Waals surface area contributed by atoms with Crippen molar-refractivity contribution in [2.75, 3.05) is 5.32 Å². The maximum absolute atomic E-state index is 11.4. The Morgan fingerprint density at radius 1 is 1.39 bits per heavy atom. The molecule has 0 fully saturated rings. The highest BCUT2D eigenvalue weighted by Crippen LogP contribution is 2.08. The minimum Gasteiger partial charge on any atom is -0.478 e. The molecule has 1 heterocycles. The van der Waals surface area contributed by atoms with Gasteiger partial charge in [-0.15, -0.1) is 0 Å². The SMILES string of the molecule is CC(NC(=O)Nc1cncc(C(=O)O)c1)C(N)=O. The van der Waals surface area contributed by atoms with Gasteiger partial charge in [0, 0.05) is 6.20 Å². The molecule has 0 aromatic carbocycles. The van der Waals surface area contributed by atoms with Crippen LogP contribution in [-0.2, 0) is 4.79 Å². The van der Waals surface area contributed by atoms with Gasteiger partial charge in [0.15, 0.2) is 0 Å².